The Kier molecular flexibility index (Phi) is 3.38. The molecule has 2 rings (SSSR count). The third kappa shape index (κ3) is 2.63. The molecule has 1 aromatic rings. The van der Waals surface area contributed by atoms with Gasteiger partial charge in [0.15, 0.2) is 5.82 Å². The van der Waals surface area contributed by atoms with Crippen molar-refractivity contribution in [1.82, 2.24) is 15.0 Å². The van der Waals surface area contributed by atoms with Gasteiger partial charge in [-0.25, -0.2) is 0 Å². The maximum Gasteiger partial charge on any atom is 0.323 e. The fraction of sp³-hybridized carbons (Fsp3) is 0.769. The van der Waals surface area contributed by atoms with Crippen LogP contribution in [0.2, 0.25) is 0 Å². The van der Waals surface area contributed by atoms with E-state index in [4.69, 9.17) is 4.52 Å². The second kappa shape index (κ2) is 4.59. The zero-order valence-electron chi connectivity index (χ0n) is 11.9. The van der Waals surface area contributed by atoms with Gasteiger partial charge in [-0.15, -0.1) is 0 Å². The average molecular weight is 267 g/mol. The van der Waals surface area contributed by atoms with Gasteiger partial charge in [0, 0.05) is 5.41 Å². The van der Waals surface area contributed by atoms with E-state index in [1.54, 1.807) is 6.92 Å². The van der Waals surface area contributed by atoms with Crippen LogP contribution in [-0.2, 0) is 16.8 Å². The van der Waals surface area contributed by atoms with Crippen LogP contribution in [0.1, 0.15) is 52.3 Å². The number of likely N-dealkylation sites (tertiary alicyclic amines) is 1. The first-order valence-electron chi connectivity index (χ1n) is 6.55. The van der Waals surface area contributed by atoms with E-state index in [2.05, 4.69) is 10.1 Å². The van der Waals surface area contributed by atoms with Gasteiger partial charge in [-0.2, -0.15) is 4.98 Å². The molecule has 0 amide bonds. The van der Waals surface area contributed by atoms with Crippen LogP contribution in [-0.4, -0.2) is 38.2 Å². The minimum atomic E-state index is -0.823. The SMILES string of the molecule is CC(C)(C)c1noc(CN2CCCC2(C)C(=O)O)n1. The van der Waals surface area contributed by atoms with Gasteiger partial charge in [0.05, 0.1) is 6.54 Å². The molecule has 0 spiro atoms. The van der Waals surface area contributed by atoms with Crippen LogP contribution in [0, 0.1) is 0 Å². The van der Waals surface area contributed by atoms with Crippen molar-refractivity contribution < 1.29 is 14.4 Å². The predicted octanol–water partition coefficient (Wildman–Crippen LogP) is 1.81. The van der Waals surface area contributed by atoms with Crippen molar-refractivity contribution in [2.75, 3.05) is 6.54 Å². The second-order valence-electron chi connectivity index (χ2n) is 6.37. The first-order chi connectivity index (χ1) is 8.73. The van der Waals surface area contributed by atoms with Crippen molar-refractivity contribution in [3.63, 3.8) is 0 Å². The normalized spacial score (nSPS) is 24.8. The van der Waals surface area contributed by atoms with E-state index in [0.29, 0.717) is 24.7 Å². The summed E-state index contributed by atoms with van der Waals surface area (Å²) in [5, 5.41) is 13.3. The summed E-state index contributed by atoms with van der Waals surface area (Å²) in [7, 11) is 0. The number of hydrogen-bond acceptors (Lipinski definition) is 5. The van der Waals surface area contributed by atoms with Gasteiger partial charge in [-0.05, 0) is 26.3 Å². The van der Waals surface area contributed by atoms with E-state index in [1.165, 1.54) is 0 Å². The van der Waals surface area contributed by atoms with Crippen LogP contribution < -0.4 is 0 Å². The Balaban J connectivity index is 2.13. The smallest absolute Gasteiger partial charge is 0.323 e. The standard InChI is InChI=1S/C13H21N3O3/c1-12(2,3)10-14-9(19-15-10)8-16-7-5-6-13(16,4)11(17)18/h5-8H2,1-4H3,(H,17,18). The van der Waals surface area contributed by atoms with Crippen LogP contribution in [0.15, 0.2) is 4.52 Å². The number of carbonyl (C=O) groups is 1. The highest BCUT2D eigenvalue weighted by Gasteiger charge is 2.43. The molecule has 1 unspecified atom stereocenters. The minimum Gasteiger partial charge on any atom is -0.480 e. The van der Waals surface area contributed by atoms with Gasteiger partial charge >= 0.3 is 5.97 Å². The Morgan fingerprint density at radius 1 is 1.53 bits per heavy atom. The maximum atomic E-state index is 11.4. The molecule has 1 atom stereocenters. The molecule has 0 bridgehead atoms. The molecule has 1 fully saturated rings. The summed E-state index contributed by atoms with van der Waals surface area (Å²) in [6, 6.07) is 0. The third-order valence-electron chi connectivity index (χ3n) is 3.72. The van der Waals surface area contributed by atoms with Crippen LogP contribution in [0.25, 0.3) is 0 Å². The lowest BCUT2D eigenvalue weighted by atomic mass is 9.96. The van der Waals surface area contributed by atoms with Gasteiger partial charge in [0.2, 0.25) is 5.89 Å². The number of carboxylic acid groups (broad SMARTS) is 1. The monoisotopic (exact) mass is 267 g/mol. The molecule has 0 aliphatic carbocycles. The van der Waals surface area contributed by atoms with E-state index in [-0.39, 0.29) is 5.41 Å². The summed E-state index contributed by atoms with van der Waals surface area (Å²) in [4.78, 5) is 17.6. The van der Waals surface area contributed by atoms with Gasteiger partial charge in [-0.3, -0.25) is 9.69 Å². The van der Waals surface area contributed by atoms with Gasteiger partial charge < -0.3 is 9.63 Å². The summed E-state index contributed by atoms with van der Waals surface area (Å²) in [5.74, 6) is 0.346. The van der Waals surface area contributed by atoms with E-state index in [0.717, 1.165) is 13.0 Å². The quantitative estimate of drug-likeness (QED) is 0.899. The van der Waals surface area contributed by atoms with Crippen molar-refractivity contribution in [3.05, 3.63) is 11.7 Å². The van der Waals surface area contributed by atoms with E-state index in [9.17, 15) is 9.90 Å². The minimum absolute atomic E-state index is 0.164. The van der Waals surface area contributed by atoms with Crippen molar-refractivity contribution >= 4 is 5.97 Å². The number of carboxylic acids is 1. The Morgan fingerprint density at radius 2 is 2.21 bits per heavy atom. The maximum absolute atomic E-state index is 11.4. The molecule has 1 saturated heterocycles. The summed E-state index contributed by atoms with van der Waals surface area (Å²) in [6.45, 7) is 8.93. The first kappa shape index (κ1) is 14.0. The van der Waals surface area contributed by atoms with Crippen LogP contribution in [0.5, 0.6) is 0 Å². The Bertz CT molecular complexity index is 478. The Labute approximate surface area is 112 Å². The lowest BCUT2D eigenvalue weighted by Gasteiger charge is -2.29. The van der Waals surface area contributed by atoms with Crippen LogP contribution >= 0.6 is 0 Å². The molecule has 6 heteroatoms. The Morgan fingerprint density at radius 3 is 2.74 bits per heavy atom. The fourth-order valence-corrected chi connectivity index (χ4v) is 2.30. The van der Waals surface area contributed by atoms with Crippen LogP contribution in [0.3, 0.4) is 0 Å². The lowest BCUT2D eigenvalue weighted by molar-refractivity contribution is -0.149. The molecule has 0 radical (unpaired) electrons. The van der Waals surface area contributed by atoms with Gasteiger partial charge in [-0.1, -0.05) is 25.9 Å². The first-order valence-corrected chi connectivity index (χ1v) is 6.55. The van der Waals surface area contributed by atoms with E-state index >= 15 is 0 Å². The summed E-state index contributed by atoms with van der Waals surface area (Å²) >= 11 is 0. The molecule has 106 valence electrons. The molecule has 1 aliphatic rings. The number of hydrogen-bond donors (Lipinski definition) is 1. The molecule has 1 aliphatic heterocycles. The highest BCUT2D eigenvalue weighted by Crippen LogP contribution is 2.30. The molecule has 1 N–H and O–H groups in total. The summed E-state index contributed by atoms with van der Waals surface area (Å²) < 4.78 is 5.23. The molecule has 19 heavy (non-hydrogen) atoms. The molecular weight excluding hydrogens is 246 g/mol. The molecule has 2 heterocycles. The number of aliphatic carboxylic acids is 1. The number of aromatic nitrogens is 2. The van der Waals surface area contributed by atoms with E-state index in [1.807, 2.05) is 25.7 Å². The highest BCUT2D eigenvalue weighted by atomic mass is 16.5. The molecule has 0 aromatic carbocycles. The molecular formula is C13H21N3O3. The summed E-state index contributed by atoms with van der Waals surface area (Å²) in [6.07, 6.45) is 1.53. The van der Waals surface area contributed by atoms with Gasteiger partial charge in [0.25, 0.3) is 0 Å². The second-order valence-corrected chi connectivity index (χ2v) is 6.37. The molecule has 6 nitrogen and oxygen atoms in total. The van der Waals surface area contributed by atoms with Gasteiger partial charge in [0.1, 0.15) is 5.54 Å². The van der Waals surface area contributed by atoms with Crippen molar-refractivity contribution in [2.24, 2.45) is 0 Å². The largest absolute Gasteiger partial charge is 0.480 e. The lowest BCUT2D eigenvalue weighted by Crippen LogP contribution is -2.47. The number of rotatable bonds is 3. The molecule has 1 aromatic heterocycles. The summed E-state index contributed by atoms with van der Waals surface area (Å²) in [5.41, 5.74) is -0.987. The average Bonchev–Trinajstić information content (AvgIpc) is 2.87. The van der Waals surface area contributed by atoms with Crippen LogP contribution in [0.4, 0.5) is 0 Å². The number of nitrogens with zero attached hydrogens (tertiary/aromatic N) is 3. The van der Waals surface area contributed by atoms with E-state index < -0.39 is 11.5 Å². The zero-order chi connectivity index (χ0) is 14.3. The van der Waals surface area contributed by atoms with Crippen molar-refractivity contribution in [2.45, 2.75) is 58.0 Å². The predicted molar refractivity (Wildman–Crippen MR) is 68.7 cm³/mol. The fourth-order valence-electron chi connectivity index (χ4n) is 2.30. The zero-order valence-corrected chi connectivity index (χ0v) is 11.9. The Hall–Kier alpha value is -1.43. The molecule has 0 saturated carbocycles. The topological polar surface area (TPSA) is 79.5 Å². The van der Waals surface area contributed by atoms with Crippen molar-refractivity contribution in [3.8, 4) is 0 Å². The highest BCUT2D eigenvalue weighted by molar-refractivity contribution is 5.78. The third-order valence-corrected chi connectivity index (χ3v) is 3.72. The van der Waals surface area contributed by atoms with Crippen molar-refractivity contribution in [1.29, 1.82) is 0 Å².